The SMILES string of the molecule is CCC(C)C(NC(=O)C(N)CC(=O)O)C(=O)NC(Cc1c[nH]c2ccccc12)C(=O)NC(CC(N)=O)C(=O)O. The molecule has 212 valence electrons. The molecule has 0 radical (unpaired) electrons. The fourth-order valence-corrected chi connectivity index (χ4v) is 3.91. The van der Waals surface area contributed by atoms with Crippen molar-refractivity contribution >= 4 is 46.5 Å². The van der Waals surface area contributed by atoms with Gasteiger partial charge >= 0.3 is 11.9 Å². The van der Waals surface area contributed by atoms with Gasteiger partial charge in [0.05, 0.1) is 18.9 Å². The van der Waals surface area contributed by atoms with E-state index < -0.39 is 78.5 Å². The highest BCUT2D eigenvalue weighted by atomic mass is 16.4. The molecule has 14 heteroatoms. The largest absolute Gasteiger partial charge is 0.481 e. The molecule has 0 aliphatic heterocycles. The number of carboxylic acids is 2. The summed E-state index contributed by atoms with van der Waals surface area (Å²) in [6.45, 7) is 3.45. The van der Waals surface area contributed by atoms with Gasteiger partial charge in [-0.15, -0.1) is 0 Å². The van der Waals surface area contributed by atoms with Crippen LogP contribution < -0.4 is 27.4 Å². The zero-order valence-electron chi connectivity index (χ0n) is 21.6. The number of aromatic nitrogens is 1. The summed E-state index contributed by atoms with van der Waals surface area (Å²) < 4.78 is 0. The molecule has 1 aromatic carbocycles. The fraction of sp³-hybridized carbons (Fsp3) is 0.440. The Morgan fingerprint density at radius 3 is 2.15 bits per heavy atom. The van der Waals surface area contributed by atoms with Crippen LogP contribution in [0.4, 0.5) is 0 Å². The van der Waals surface area contributed by atoms with Gasteiger partial charge in [0.1, 0.15) is 18.1 Å². The maximum atomic E-state index is 13.4. The molecule has 0 aliphatic rings. The van der Waals surface area contributed by atoms with E-state index in [0.29, 0.717) is 12.0 Å². The number of para-hydroxylation sites is 1. The van der Waals surface area contributed by atoms with Crippen molar-refractivity contribution in [3.63, 3.8) is 0 Å². The molecule has 2 rings (SSSR count). The number of carboxylic acid groups (broad SMARTS) is 2. The van der Waals surface area contributed by atoms with Crippen molar-refractivity contribution in [1.82, 2.24) is 20.9 Å². The van der Waals surface area contributed by atoms with E-state index in [1.807, 2.05) is 12.1 Å². The number of nitrogens with two attached hydrogens (primary N) is 2. The lowest BCUT2D eigenvalue weighted by Crippen LogP contribution is -2.59. The third-order valence-electron chi connectivity index (χ3n) is 6.28. The van der Waals surface area contributed by atoms with Gasteiger partial charge in [0.15, 0.2) is 0 Å². The van der Waals surface area contributed by atoms with Crippen LogP contribution in [-0.4, -0.2) is 74.9 Å². The molecule has 0 fully saturated rings. The molecule has 5 atom stereocenters. The molecule has 1 aromatic heterocycles. The number of nitrogens with one attached hydrogen (secondary N) is 4. The number of H-pyrrole nitrogens is 1. The van der Waals surface area contributed by atoms with Gasteiger partial charge in [-0.1, -0.05) is 38.5 Å². The minimum absolute atomic E-state index is 0.0653. The monoisotopic (exact) mass is 546 g/mol. The Labute approximate surface area is 223 Å². The number of benzene rings is 1. The lowest BCUT2D eigenvalue weighted by atomic mass is 9.96. The zero-order valence-corrected chi connectivity index (χ0v) is 21.6. The normalized spacial score (nSPS) is 14.8. The Morgan fingerprint density at radius 2 is 1.56 bits per heavy atom. The molecule has 0 spiro atoms. The molecule has 1 heterocycles. The van der Waals surface area contributed by atoms with E-state index in [-0.39, 0.29) is 6.42 Å². The molecule has 0 aliphatic carbocycles. The lowest BCUT2D eigenvalue weighted by Gasteiger charge is -2.27. The van der Waals surface area contributed by atoms with Crippen LogP contribution in [0.1, 0.15) is 38.7 Å². The van der Waals surface area contributed by atoms with Gasteiger partial charge in [0.25, 0.3) is 0 Å². The minimum atomic E-state index is -1.63. The lowest BCUT2D eigenvalue weighted by molar-refractivity contribution is -0.143. The second-order valence-corrected chi connectivity index (χ2v) is 9.27. The molecular formula is C25H34N6O8. The summed E-state index contributed by atoms with van der Waals surface area (Å²) >= 11 is 0. The number of hydrogen-bond donors (Lipinski definition) is 8. The van der Waals surface area contributed by atoms with Crippen molar-refractivity contribution < 1.29 is 39.0 Å². The molecule has 39 heavy (non-hydrogen) atoms. The van der Waals surface area contributed by atoms with Crippen LogP contribution in [0, 0.1) is 5.92 Å². The Morgan fingerprint density at radius 1 is 0.923 bits per heavy atom. The average Bonchev–Trinajstić information content (AvgIpc) is 3.27. The number of aliphatic carboxylic acids is 2. The maximum Gasteiger partial charge on any atom is 0.326 e. The first-order valence-electron chi connectivity index (χ1n) is 12.3. The number of amides is 4. The van der Waals surface area contributed by atoms with Gasteiger partial charge < -0.3 is 42.6 Å². The van der Waals surface area contributed by atoms with Gasteiger partial charge in [0.2, 0.25) is 23.6 Å². The summed E-state index contributed by atoms with van der Waals surface area (Å²) in [5, 5.41) is 26.4. The Balaban J connectivity index is 2.35. The summed E-state index contributed by atoms with van der Waals surface area (Å²) in [5.74, 6) is -6.68. The smallest absolute Gasteiger partial charge is 0.326 e. The number of fused-ring (bicyclic) bond motifs is 1. The zero-order chi connectivity index (χ0) is 29.3. The highest BCUT2D eigenvalue weighted by Gasteiger charge is 2.33. The molecule has 0 saturated heterocycles. The van der Waals surface area contributed by atoms with Gasteiger partial charge in [-0.2, -0.15) is 0 Å². The molecule has 4 amide bonds. The second-order valence-electron chi connectivity index (χ2n) is 9.27. The predicted octanol–water partition coefficient (Wildman–Crippen LogP) is -1.03. The summed E-state index contributed by atoms with van der Waals surface area (Å²) in [4.78, 5) is 76.0. The average molecular weight is 547 g/mol. The summed E-state index contributed by atoms with van der Waals surface area (Å²) in [6, 6.07) is 1.68. The van der Waals surface area contributed by atoms with Crippen LogP contribution in [0.5, 0.6) is 0 Å². The number of carbonyl (C=O) groups is 6. The molecular weight excluding hydrogens is 512 g/mol. The number of rotatable bonds is 15. The van der Waals surface area contributed by atoms with Crippen LogP contribution in [0.3, 0.4) is 0 Å². The molecule has 14 nitrogen and oxygen atoms in total. The Bertz CT molecular complexity index is 1230. The van der Waals surface area contributed by atoms with E-state index in [4.69, 9.17) is 16.6 Å². The standard InChI is InChI=1S/C25H34N6O8/c1-3-12(2)21(31-22(35)15(26)9-20(33)34)24(37)29-17(23(36)30-18(25(38)39)10-19(27)32)8-13-11-28-16-7-5-4-6-14(13)16/h4-7,11-12,15,17-18,21,28H,3,8-10,26H2,1-2H3,(H2,27,32)(H,29,37)(H,30,36)(H,31,35)(H,33,34)(H,38,39). The first kappa shape index (κ1) is 30.8. The van der Waals surface area contributed by atoms with Gasteiger partial charge in [-0.25, -0.2) is 4.79 Å². The van der Waals surface area contributed by atoms with E-state index in [1.54, 1.807) is 32.2 Å². The fourth-order valence-electron chi connectivity index (χ4n) is 3.91. The van der Waals surface area contributed by atoms with Crippen molar-refractivity contribution in [2.24, 2.45) is 17.4 Å². The van der Waals surface area contributed by atoms with E-state index in [9.17, 15) is 33.9 Å². The highest BCUT2D eigenvalue weighted by Crippen LogP contribution is 2.20. The summed E-state index contributed by atoms with van der Waals surface area (Å²) in [7, 11) is 0. The van der Waals surface area contributed by atoms with Crippen molar-refractivity contribution in [1.29, 1.82) is 0 Å². The number of primary amides is 1. The second kappa shape index (κ2) is 13.9. The summed E-state index contributed by atoms with van der Waals surface area (Å²) in [5.41, 5.74) is 12.2. The highest BCUT2D eigenvalue weighted by molar-refractivity contribution is 5.96. The van der Waals surface area contributed by atoms with Crippen LogP contribution >= 0.6 is 0 Å². The minimum Gasteiger partial charge on any atom is -0.481 e. The molecule has 10 N–H and O–H groups in total. The van der Waals surface area contributed by atoms with Crippen LogP contribution in [0.25, 0.3) is 10.9 Å². The molecule has 2 aromatic rings. The molecule has 0 saturated carbocycles. The number of hydrogen-bond acceptors (Lipinski definition) is 7. The third-order valence-corrected chi connectivity index (χ3v) is 6.28. The van der Waals surface area contributed by atoms with Gasteiger partial charge in [0, 0.05) is 23.5 Å². The van der Waals surface area contributed by atoms with E-state index >= 15 is 0 Å². The summed E-state index contributed by atoms with van der Waals surface area (Å²) in [6.07, 6.45) is 0.703. The first-order valence-corrected chi connectivity index (χ1v) is 12.3. The number of aromatic amines is 1. The van der Waals surface area contributed by atoms with Crippen molar-refractivity contribution in [3.05, 3.63) is 36.0 Å². The Hall–Kier alpha value is -4.46. The first-order chi connectivity index (χ1) is 18.3. The van der Waals surface area contributed by atoms with E-state index in [0.717, 1.165) is 10.9 Å². The van der Waals surface area contributed by atoms with Crippen LogP contribution in [0.2, 0.25) is 0 Å². The van der Waals surface area contributed by atoms with Gasteiger partial charge in [-0.05, 0) is 17.5 Å². The molecule has 0 bridgehead atoms. The van der Waals surface area contributed by atoms with Crippen molar-refractivity contribution in [3.8, 4) is 0 Å². The van der Waals surface area contributed by atoms with E-state index in [2.05, 4.69) is 20.9 Å². The maximum absolute atomic E-state index is 13.4. The van der Waals surface area contributed by atoms with Crippen molar-refractivity contribution in [2.45, 2.75) is 63.7 Å². The van der Waals surface area contributed by atoms with E-state index in [1.165, 1.54) is 0 Å². The Kier molecular flexibility index (Phi) is 11.0. The van der Waals surface area contributed by atoms with Gasteiger partial charge in [-0.3, -0.25) is 24.0 Å². The van der Waals surface area contributed by atoms with Crippen LogP contribution in [-0.2, 0) is 35.2 Å². The van der Waals surface area contributed by atoms with Crippen LogP contribution in [0.15, 0.2) is 30.5 Å². The third kappa shape index (κ3) is 8.81. The van der Waals surface area contributed by atoms with Crippen molar-refractivity contribution in [2.75, 3.05) is 0 Å². The topological polar surface area (TPSA) is 247 Å². The predicted molar refractivity (Wildman–Crippen MR) is 139 cm³/mol. The molecule has 5 unspecified atom stereocenters. The quantitative estimate of drug-likeness (QED) is 0.136. The number of carbonyl (C=O) groups excluding carboxylic acids is 4.